The summed E-state index contributed by atoms with van der Waals surface area (Å²) in [7, 11) is 0. The first-order valence-electron chi connectivity index (χ1n) is 9.07. The number of carbonyl (C=O) groups is 2. The molecule has 4 nitrogen and oxygen atoms in total. The van der Waals surface area contributed by atoms with Crippen molar-refractivity contribution >= 4 is 11.9 Å². The Kier molecular flexibility index (Phi) is 15.5. The molecule has 0 unspecified atom stereocenters. The van der Waals surface area contributed by atoms with Crippen molar-refractivity contribution in [2.45, 2.75) is 90.9 Å². The molecular formula is C18H35NO3. The Balaban J connectivity index is 3.17. The van der Waals surface area contributed by atoms with Crippen LogP contribution in [0.3, 0.4) is 0 Å². The summed E-state index contributed by atoms with van der Waals surface area (Å²) >= 11 is 0. The molecule has 0 fully saturated rings. The van der Waals surface area contributed by atoms with Crippen LogP contribution in [0.25, 0.3) is 0 Å². The van der Waals surface area contributed by atoms with E-state index in [-0.39, 0.29) is 11.9 Å². The summed E-state index contributed by atoms with van der Waals surface area (Å²) in [4.78, 5) is 22.2. The normalized spacial score (nSPS) is 10.5. The molecule has 0 saturated carbocycles. The maximum absolute atomic E-state index is 11.5. The van der Waals surface area contributed by atoms with Crippen LogP contribution in [0.15, 0.2) is 0 Å². The second kappa shape index (κ2) is 16.3. The lowest BCUT2D eigenvalue weighted by molar-refractivity contribution is -0.143. The van der Waals surface area contributed by atoms with Crippen molar-refractivity contribution < 1.29 is 14.3 Å². The lowest BCUT2D eigenvalue weighted by Gasteiger charge is -2.05. The molecule has 0 spiro atoms. The fourth-order valence-electron chi connectivity index (χ4n) is 2.33. The number of hydrogen-bond donors (Lipinski definition) is 1. The van der Waals surface area contributed by atoms with Gasteiger partial charge in [-0.3, -0.25) is 9.59 Å². The Labute approximate surface area is 136 Å². The van der Waals surface area contributed by atoms with Crippen LogP contribution in [-0.2, 0) is 14.3 Å². The largest absolute Gasteiger partial charge is 0.466 e. The van der Waals surface area contributed by atoms with E-state index < -0.39 is 0 Å². The molecule has 0 aromatic rings. The van der Waals surface area contributed by atoms with Gasteiger partial charge < -0.3 is 10.1 Å². The van der Waals surface area contributed by atoms with Crippen molar-refractivity contribution in [3.63, 3.8) is 0 Å². The molecule has 0 rings (SSSR count). The number of esters is 1. The third-order valence-corrected chi connectivity index (χ3v) is 3.69. The standard InChI is InChI=1S/C18H35NO3/c1-3-4-5-6-7-8-9-13-16-22-18(21)14-11-10-12-15-19-17(2)20/h3-16H2,1-2H3,(H,19,20). The summed E-state index contributed by atoms with van der Waals surface area (Å²) in [5, 5.41) is 2.75. The summed E-state index contributed by atoms with van der Waals surface area (Å²) in [6.45, 7) is 5.02. The van der Waals surface area contributed by atoms with Gasteiger partial charge in [0, 0.05) is 19.9 Å². The zero-order valence-electron chi connectivity index (χ0n) is 14.6. The molecule has 0 aliphatic rings. The van der Waals surface area contributed by atoms with Crippen LogP contribution < -0.4 is 5.32 Å². The number of nitrogens with one attached hydrogen (secondary N) is 1. The van der Waals surface area contributed by atoms with Gasteiger partial charge in [-0.15, -0.1) is 0 Å². The fraction of sp³-hybridized carbons (Fsp3) is 0.889. The Morgan fingerprint density at radius 2 is 1.41 bits per heavy atom. The first-order valence-corrected chi connectivity index (χ1v) is 9.07. The molecule has 0 saturated heterocycles. The zero-order chi connectivity index (χ0) is 16.5. The molecule has 0 aromatic carbocycles. The van der Waals surface area contributed by atoms with E-state index in [1.54, 1.807) is 0 Å². The van der Waals surface area contributed by atoms with Crippen molar-refractivity contribution in [2.75, 3.05) is 13.2 Å². The summed E-state index contributed by atoms with van der Waals surface area (Å²) in [6, 6.07) is 0. The molecule has 0 aliphatic carbocycles. The maximum atomic E-state index is 11.5. The van der Waals surface area contributed by atoms with Gasteiger partial charge in [0.2, 0.25) is 5.91 Å². The highest BCUT2D eigenvalue weighted by Gasteiger charge is 2.02. The van der Waals surface area contributed by atoms with Gasteiger partial charge in [-0.1, -0.05) is 58.3 Å². The van der Waals surface area contributed by atoms with Crippen LogP contribution >= 0.6 is 0 Å². The fourth-order valence-corrected chi connectivity index (χ4v) is 2.33. The van der Waals surface area contributed by atoms with E-state index in [0.29, 0.717) is 19.6 Å². The summed E-state index contributed by atoms with van der Waals surface area (Å²) in [5.41, 5.74) is 0. The minimum Gasteiger partial charge on any atom is -0.466 e. The number of ether oxygens (including phenoxy) is 1. The van der Waals surface area contributed by atoms with Crippen LogP contribution in [0.1, 0.15) is 90.9 Å². The molecule has 0 aliphatic heterocycles. The summed E-state index contributed by atoms with van der Waals surface area (Å²) in [6.07, 6.45) is 13.3. The number of carbonyl (C=O) groups excluding carboxylic acids is 2. The van der Waals surface area contributed by atoms with Gasteiger partial charge in [-0.25, -0.2) is 0 Å². The van der Waals surface area contributed by atoms with E-state index in [1.807, 2.05) is 0 Å². The number of unbranched alkanes of at least 4 members (excludes halogenated alkanes) is 9. The summed E-state index contributed by atoms with van der Waals surface area (Å²) < 4.78 is 5.22. The van der Waals surface area contributed by atoms with Crippen molar-refractivity contribution in [1.29, 1.82) is 0 Å². The quantitative estimate of drug-likeness (QED) is 0.361. The molecule has 22 heavy (non-hydrogen) atoms. The highest BCUT2D eigenvalue weighted by molar-refractivity contribution is 5.72. The monoisotopic (exact) mass is 313 g/mol. The van der Waals surface area contributed by atoms with Crippen molar-refractivity contribution in [3.05, 3.63) is 0 Å². The highest BCUT2D eigenvalue weighted by atomic mass is 16.5. The molecule has 1 N–H and O–H groups in total. The van der Waals surface area contributed by atoms with E-state index in [9.17, 15) is 9.59 Å². The molecule has 0 radical (unpaired) electrons. The second-order valence-electron chi connectivity index (χ2n) is 5.99. The highest BCUT2D eigenvalue weighted by Crippen LogP contribution is 2.08. The average Bonchev–Trinajstić information content (AvgIpc) is 2.48. The molecular weight excluding hydrogens is 278 g/mol. The first kappa shape index (κ1) is 20.9. The number of hydrogen-bond acceptors (Lipinski definition) is 3. The lowest BCUT2D eigenvalue weighted by Crippen LogP contribution is -2.20. The van der Waals surface area contributed by atoms with E-state index in [4.69, 9.17) is 4.74 Å². The second-order valence-corrected chi connectivity index (χ2v) is 5.99. The molecule has 0 heterocycles. The van der Waals surface area contributed by atoms with Gasteiger partial charge in [0.05, 0.1) is 6.61 Å². The van der Waals surface area contributed by atoms with Crippen LogP contribution in [-0.4, -0.2) is 25.0 Å². The number of rotatable bonds is 15. The van der Waals surface area contributed by atoms with Gasteiger partial charge >= 0.3 is 5.97 Å². The minimum atomic E-state index is -0.0810. The van der Waals surface area contributed by atoms with Gasteiger partial charge in [0.1, 0.15) is 0 Å². The van der Waals surface area contributed by atoms with Crippen molar-refractivity contribution in [2.24, 2.45) is 0 Å². The van der Waals surface area contributed by atoms with Gasteiger partial charge in [-0.05, 0) is 19.3 Å². The average molecular weight is 313 g/mol. The summed E-state index contributed by atoms with van der Waals surface area (Å²) in [5.74, 6) is -0.0766. The van der Waals surface area contributed by atoms with Crippen LogP contribution in [0.2, 0.25) is 0 Å². The Bertz CT molecular complexity index is 280. The first-order chi connectivity index (χ1) is 10.7. The number of amides is 1. The van der Waals surface area contributed by atoms with E-state index in [1.165, 1.54) is 45.4 Å². The lowest BCUT2D eigenvalue weighted by atomic mass is 10.1. The molecule has 0 bridgehead atoms. The van der Waals surface area contributed by atoms with E-state index in [0.717, 1.165) is 32.1 Å². The van der Waals surface area contributed by atoms with Gasteiger partial charge in [0.15, 0.2) is 0 Å². The predicted molar refractivity (Wildman–Crippen MR) is 90.7 cm³/mol. The minimum absolute atomic E-state index is 0.00442. The van der Waals surface area contributed by atoms with Crippen molar-refractivity contribution in [1.82, 2.24) is 5.32 Å². The zero-order valence-corrected chi connectivity index (χ0v) is 14.6. The third kappa shape index (κ3) is 17.0. The van der Waals surface area contributed by atoms with Crippen molar-refractivity contribution in [3.8, 4) is 0 Å². The SMILES string of the molecule is CCCCCCCCCCOC(=O)CCCCCNC(C)=O. The molecule has 130 valence electrons. The maximum Gasteiger partial charge on any atom is 0.305 e. The Morgan fingerprint density at radius 1 is 0.818 bits per heavy atom. The molecule has 1 amide bonds. The van der Waals surface area contributed by atoms with E-state index >= 15 is 0 Å². The topological polar surface area (TPSA) is 55.4 Å². The van der Waals surface area contributed by atoms with E-state index in [2.05, 4.69) is 12.2 Å². The smallest absolute Gasteiger partial charge is 0.305 e. The van der Waals surface area contributed by atoms with Gasteiger partial charge in [0.25, 0.3) is 0 Å². The van der Waals surface area contributed by atoms with Crippen LogP contribution in [0.5, 0.6) is 0 Å². The molecule has 0 aromatic heterocycles. The molecule has 4 heteroatoms. The predicted octanol–water partition coefficient (Wildman–Crippen LogP) is 4.37. The molecule has 0 atom stereocenters. The Hall–Kier alpha value is -1.06. The van der Waals surface area contributed by atoms with Gasteiger partial charge in [-0.2, -0.15) is 0 Å². The van der Waals surface area contributed by atoms with Crippen LogP contribution in [0, 0.1) is 0 Å². The van der Waals surface area contributed by atoms with Crippen LogP contribution in [0.4, 0.5) is 0 Å². The Morgan fingerprint density at radius 3 is 2.05 bits per heavy atom. The third-order valence-electron chi connectivity index (χ3n) is 3.69.